The van der Waals surface area contributed by atoms with Crippen molar-refractivity contribution in [3.8, 4) is 0 Å². The number of nitrogens with zero attached hydrogens (tertiary/aromatic N) is 1. The van der Waals surface area contributed by atoms with Crippen LogP contribution in [0.25, 0.3) is 0 Å². The molecule has 88 valence electrons. The lowest BCUT2D eigenvalue weighted by Gasteiger charge is -2.19. The fraction of sp³-hybridized carbons (Fsp3) is 0.538. The Morgan fingerprint density at radius 3 is 2.50 bits per heavy atom. The number of benzene rings is 1. The van der Waals surface area contributed by atoms with Gasteiger partial charge in [0.15, 0.2) is 0 Å². The molecule has 3 nitrogen and oxygen atoms in total. The molecule has 1 unspecified atom stereocenters. The number of rotatable bonds is 5. The fourth-order valence-electron chi connectivity index (χ4n) is 2.22. The second-order valence-corrected chi connectivity index (χ2v) is 4.48. The monoisotopic (exact) mass is 220 g/mol. The summed E-state index contributed by atoms with van der Waals surface area (Å²) in [6.45, 7) is 3.79. The van der Waals surface area contributed by atoms with Crippen LogP contribution in [0.1, 0.15) is 17.5 Å². The first kappa shape index (κ1) is 11.6. The Labute approximate surface area is 97.2 Å². The maximum absolute atomic E-state index is 6.05. The molecule has 2 N–H and O–H groups in total. The first-order valence-corrected chi connectivity index (χ1v) is 5.83. The van der Waals surface area contributed by atoms with Crippen LogP contribution in [0.15, 0.2) is 24.3 Å². The molecule has 1 aliphatic rings. The van der Waals surface area contributed by atoms with Gasteiger partial charge >= 0.3 is 0 Å². The highest BCUT2D eigenvalue weighted by Gasteiger charge is 2.19. The Morgan fingerprint density at radius 1 is 1.31 bits per heavy atom. The summed E-state index contributed by atoms with van der Waals surface area (Å²) in [7, 11) is 1.72. The van der Waals surface area contributed by atoms with Crippen LogP contribution in [-0.4, -0.2) is 31.2 Å². The Hall–Kier alpha value is -0.900. The van der Waals surface area contributed by atoms with Crippen molar-refractivity contribution in [2.45, 2.75) is 25.6 Å². The van der Waals surface area contributed by atoms with Gasteiger partial charge in [0.05, 0.1) is 0 Å². The van der Waals surface area contributed by atoms with E-state index in [0.29, 0.717) is 0 Å². The average Bonchev–Trinajstić information content (AvgIpc) is 2.68. The van der Waals surface area contributed by atoms with Gasteiger partial charge in [0, 0.05) is 39.4 Å². The molecule has 0 aliphatic carbocycles. The summed E-state index contributed by atoms with van der Waals surface area (Å²) in [6.07, 6.45) is 0.934. The summed E-state index contributed by atoms with van der Waals surface area (Å²) in [5.74, 6) is 0. The lowest BCUT2D eigenvalue weighted by molar-refractivity contribution is 0.175. The second kappa shape index (κ2) is 5.43. The van der Waals surface area contributed by atoms with E-state index in [9.17, 15) is 0 Å². The van der Waals surface area contributed by atoms with Gasteiger partial charge in [-0.25, -0.2) is 0 Å². The first-order chi connectivity index (χ1) is 7.79. The van der Waals surface area contributed by atoms with Crippen molar-refractivity contribution in [2.24, 2.45) is 5.73 Å². The normalized spacial score (nSPS) is 17.4. The van der Waals surface area contributed by atoms with Crippen molar-refractivity contribution in [2.75, 3.05) is 20.3 Å². The zero-order valence-electron chi connectivity index (χ0n) is 9.86. The second-order valence-electron chi connectivity index (χ2n) is 4.48. The quantitative estimate of drug-likeness (QED) is 0.814. The highest BCUT2D eigenvalue weighted by Crippen LogP contribution is 2.21. The number of fused-ring (bicyclic) bond motifs is 1. The Morgan fingerprint density at radius 2 is 1.94 bits per heavy atom. The molecule has 0 saturated heterocycles. The summed E-state index contributed by atoms with van der Waals surface area (Å²) < 4.78 is 5.04. The smallest absolute Gasteiger partial charge is 0.0477 e. The van der Waals surface area contributed by atoms with E-state index in [2.05, 4.69) is 29.2 Å². The number of hydrogen-bond acceptors (Lipinski definition) is 3. The molecule has 0 amide bonds. The minimum atomic E-state index is 0.217. The van der Waals surface area contributed by atoms with E-state index in [1.54, 1.807) is 7.11 Å². The summed E-state index contributed by atoms with van der Waals surface area (Å²) in [6, 6.07) is 8.83. The van der Waals surface area contributed by atoms with Crippen molar-refractivity contribution in [1.29, 1.82) is 0 Å². The van der Waals surface area contributed by atoms with E-state index in [4.69, 9.17) is 10.5 Å². The molecule has 1 heterocycles. The van der Waals surface area contributed by atoms with E-state index in [-0.39, 0.29) is 6.04 Å². The van der Waals surface area contributed by atoms with Gasteiger partial charge in [0.2, 0.25) is 0 Å². The predicted octanol–water partition coefficient (Wildman–Crippen LogP) is 1.37. The molecule has 0 spiro atoms. The SMILES string of the molecule is COCCC(N)CN1Cc2ccccc2C1. The summed E-state index contributed by atoms with van der Waals surface area (Å²) >= 11 is 0. The van der Waals surface area contributed by atoms with Crippen LogP contribution in [0.4, 0.5) is 0 Å². The summed E-state index contributed by atoms with van der Waals surface area (Å²) in [5, 5.41) is 0. The third-order valence-electron chi connectivity index (χ3n) is 3.09. The fourth-order valence-corrected chi connectivity index (χ4v) is 2.22. The number of nitrogens with two attached hydrogens (primary N) is 1. The van der Waals surface area contributed by atoms with E-state index >= 15 is 0 Å². The molecular formula is C13H20N2O. The molecule has 16 heavy (non-hydrogen) atoms. The number of ether oxygens (including phenoxy) is 1. The van der Waals surface area contributed by atoms with Gasteiger partial charge in [-0.15, -0.1) is 0 Å². The van der Waals surface area contributed by atoms with Crippen molar-refractivity contribution < 1.29 is 4.74 Å². The van der Waals surface area contributed by atoms with E-state index < -0.39 is 0 Å². The van der Waals surface area contributed by atoms with Crippen LogP contribution in [0.5, 0.6) is 0 Å². The molecule has 0 aromatic heterocycles. The van der Waals surface area contributed by atoms with Crippen molar-refractivity contribution in [1.82, 2.24) is 4.90 Å². The van der Waals surface area contributed by atoms with E-state index in [0.717, 1.165) is 32.7 Å². The largest absolute Gasteiger partial charge is 0.385 e. The average molecular weight is 220 g/mol. The predicted molar refractivity (Wildman–Crippen MR) is 65.0 cm³/mol. The zero-order chi connectivity index (χ0) is 11.4. The van der Waals surface area contributed by atoms with Gasteiger partial charge in [-0.2, -0.15) is 0 Å². The van der Waals surface area contributed by atoms with Crippen molar-refractivity contribution in [3.05, 3.63) is 35.4 Å². The molecule has 0 fully saturated rings. The minimum absolute atomic E-state index is 0.217. The van der Waals surface area contributed by atoms with Gasteiger partial charge in [-0.1, -0.05) is 24.3 Å². The van der Waals surface area contributed by atoms with Gasteiger partial charge in [-0.3, -0.25) is 4.90 Å². The van der Waals surface area contributed by atoms with Gasteiger partial charge in [0.1, 0.15) is 0 Å². The minimum Gasteiger partial charge on any atom is -0.385 e. The first-order valence-electron chi connectivity index (χ1n) is 5.83. The molecular weight excluding hydrogens is 200 g/mol. The number of hydrogen-bond donors (Lipinski definition) is 1. The highest BCUT2D eigenvalue weighted by molar-refractivity contribution is 5.30. The summed E-state index contributed by atoms with van der Waals surface area (Å²) in [4.78, 5) is 2.41. The zero-order valence-corrected chi connectivity index (χ0v) is 9.86. The molecule has 1 atom stereocenters. The third-order valence-corrected chi connectivity index (χ3v) is 3.09. The highest BCUT2D eigenvalue weighted by atomic mass is 16.5. The van der Waals surface area contributed by atoms with Crippen LogP contribution in [0.2, 0.25) is 0 Å². The molecule has 1 aliphatic heterocycles. The van der Waals surface area contributed by atoms with Crippen LogP contribution in [-0.2, 0) is 17.8 Å². The molecule has 0 saturated carbocycles. The van der Waals surface area contributed by atoms with Crippen molar-refractivity contribution >= 4 is 0 Å². The Balaban J connectivity index is 1.82. The maximum Gasteiger partial charge on any atom is 0.0477 e. The molecule has 1 aromatic carbocycles. The molecule has 0 radical (unpaired) electrons. The van der Waals surface area contributed by atoms with E-state index in [1.165, 1.54) is 11.1 Å². The molecule has 1 aromatic rings. The van der Waals surface area contributed by atoms with Crippen LogP contribution >= 0.6 is 0 Å². The van der Waals surface area contributed by atoms with E-state index in [1.807, 2.05) is 0 Å². The van der Waals surface area contributed by atoms with Gasteiger partial charge in [-0.05, 0) is 17.5 Å². The van der Waals surface area contributed by atoms with Crippen LogP contribution in [0.3, 0.4) is 0 Å². The topological polar surface area (TPSA) is 38.5 Å². The third kappa shape index (κ3) is 2.82. The van der Waals surface area contributed by atoms with Crippen LogP contribution < -0.4 is 5.73 Å². The Kier molecular flexibility index (Phi) is 3.93. The lowest BCUT2D eigenvalue weighted by atomic mass is 10.1. The lowest BCUT2D eigenvalue weighted by Crippen LogP contribution is -2.35. The number of methoxy groups -OCH3 is 1. The molecule has 2 rings (SSSR count). The Bertz CT molecular complexity index is 315. The summed E-state index contributed by atoms with van der Waals surface area (Å²) in [5.41, 5.74) is 8.94. The van der Waals surface area contributed by atoms with Crippen LogP contribution in [0, 0.1) is 0 Å². The maximum atomic E-state index is 6.05. The molecule has 3 heteroatoms. The van der Waals surface area contributed by atoms with Gasteiger partial charge in [0.25, 0.3) is 0 Å². The van der Waals surface area contributed by atoms with Gasteiger partial charge < -0.3 is 10.5 Å². The molecule has 0 bridgehead atoms. The standard InChI is InChI=1S/C13H20N2O/c1-16-7-6-13(14)10-15-8-11-4-2-3-5-12(11)9-15/h2-5,13H,6-10,14H2,1H3. The van der Waals surface area contributed by atoms with Crippen molar-refractivity contribution in [3.63, 3.8) is 0 Å².